The molecule has 0 saturated carbocycles. The van der Waals surface area contributed by atoms with E-state index in [9.17, 15) is 0 Å². The van der Waals surface area contributed by atoms with E-state index in [1.807, 2.05) is 18.3 Å². The van der Waals surface area contributed by atoms with E-state index in [2.05, 4.69) is 28.2 Å². The van der Waals surface area contributed by atoms with Crippen LogP contribution in [0.4, 0.5) is 0 Å². The maximum Gasteiger partial charge on any atom is 0.0490 e. The number of H-pyrrole nitrogens is 1. The van der Waals surface area contributed by atoms with E-state index >= 15 is 0 Å². The van der Waals surface area contributed by atoms with Gasteiger partial charge in [0, 0.05) is 30.2 Å². The number of nitrogens with zero attached hydrogens (tertiary/aromatic N) is 2. The Hall–Kier alpha value is -1.64. The Morgan fingerprint density at radius 3 is 2.92 bits per heavy atom. The molecule has 2 aromatic heterocycles. The van der Waals surface area contributed by atoms with Gasteiger partial charge in [-0.1, -0.05) is 0 Å². The molecule has 0 radical (unpaired) electrons. The summed E-state index contributed by atoms with van der Waals surface area (Å²) < 4.78 is 0. The fraction of sp³-hybridized carbons (Fsp3) is 0.200. The lowest BCUT2D eigenvalue weighted by molar-refractivity contribution is 0.964. The zero-order valence-corrected chi connectivity index (χ0v) is 7.49. The van der Waals surface area contributed by atoms with Crippen LogP contribution in [0.1, 0.15) is 17.0 Å². The Labute approximate surface area is 76.8 Å². The highest BCUT2D eigenvalue weighted by molar-refractivity contribution is 5.18. The molecule has 3 nitrogen and oxygen atoms in total. The molecule has 1 N–H and O–H groups in total. The molecule has 2 heterocycles. The van der Waals surface area contributed by atoms with Gasteiger partial charge < -0.3 is 0 Å². The molecule has 2 aromatic rings. The van der Waals surface area contributed by atoms with Crippen LogP contribution in [0.2, 0.25) is 0 Å². The fourth-order valence-corrected chi connectivity index (χ4v) is 1.27. The predicted octanol–water partition coefficient (Wildman–Crippen LogP) is 1.70. The second-order valence-electron chi connectivity index (χ2n) is 3.08. The van der Waals surface area contributed by atoms with Gasteiger partial charge in [-0.15, -0.1) is 0 Å². The molecular formula is C10H11N3. The summed E-state index contributed by atoms with van der Waals surface area (Å²) in [5, 5.41) is 6.80. The van der Waals surface area contributed by atoms with Gasteiger partial charge in [-0.3, -0.25) is 10.1 Å². The van der Waals surface area contributed by atoms with Crippen molar-refractivity contribution in [2.24, 2.45) is 0 Å². The van der Waals surface area contributed by atoms with Gasteiger partial charge in [0.25, 0.3) is 0 Å². The molecule has 0 aliphatic heterocycles. The minimum Gasteiger partial charge on any atom is -0.282 e. The van der Waals surface area contributed by atoms with Crippen molar-refractivity contribution < 1.29 is 0 Å². The van der Waals surface area contributed by atoms with Crippen molar-refractivity contribution in [3.05, 3.63) is 47.5 Å². The van der Waals surface area contributed by atoms with Crippen LogP contribution in [0.25, 0.3) is 0 Å². The van der Waals surface area contributed by atoms with E-state index in [0.29, 0.717) is 0 Å². The number of rotatable bonds is 2. The van der Waals surface area contributed by atoms with Crippen LogP contribution >= 0.6 is 0 Å². The number of aromatic amines is 1. The number of nitrogens with one attached hydrogen (secondary N) is 1. The molecule has 0 unspecified atom stereocenters. The molecule has 0 aliphatic rings. The summed E-state index contributed by atoms with van der Waals surface area (Å²) in [6.07, 6.45) is 4.41. The average Bonchev–Trinajstić information content (AvgIpc) is 2.57. The monoisotopic (exact) mass is 173 g/mol. The van der Waals surface area contributed by atoms with Crippen LogP contribution in [0.3, 0.4) is 0 Å². The first-order valence-corrected chi connectivity index (χ1v) is 4.24. The summed E-state index contributed by atoms with van der Waals surface area (Å²) in [6, 6.07) is 6.04. The number of pyridine rings is 1. The summed E-state index contributed by atoms with van der Waals surface area (Å²) in [5.41, 5.74) is 3.41. The Kier molecular flexibility index (Phi) is 2.08. The van der Waals surface area contributed by atoms with Crippen molar-refractivity contribution in [2.75, 3.05) is 0 Å². The molecule has 66 valence electrons. The Morgan fingerprint density at radius 2 is 2.23 bits per heavy atom. The van der Waals surface area contributed by atoms with Crippen molar-refractivity contribution in [1.82, 2.24) is 15.2 Å². The lowest BCUT2D eigenvalue weighted by Crippen LogP contribution is -1.92. The molecule has 2 rings (SSSR count). The van der Waals surface area contributed by atoms with Crippen LogP contribution in [0.5, 0.6) is 0 Å². The minimum atomic E-state index is 0.821. The van der Waals surface area contributed by atoms with Gasteiger partial charge in [0.1, 0.15) is 0 Å². The zero-order chi connectivity index (χ0) is 9.10. The number of hydrogen-bond acceptors (Lipinski definition) is 2. The van der Waals surface area contributed by atoms with Crippen LogP contribution in [0.15, 0.2) is 30.6 Å². The van der Waals surface area contributed by atoms with Gasteiger partial charge in [0.15, 0.2) is 0 Å². The maximum absolute atomic E-state index is 4.27. The number of aromatic nitrogens is 3. The highest BCUT2D eigenvalue weighted by Crippen LogP contribution is 2.05. The van der Waals surface area contributed by atoms with Gasteiger partial charge in [-0.25, -0.2) is 0 Å². The zero-order valence-electron chi connectivity index (χ0n) is 7.49. The molecular weight excluding hydrogens is 162 g/mol. The van der Waals surface area contributed by atoms with Crippen LogP contribution in [-0.2, 0) is 6.42 Å². The van der Waals surface area contributed by atoms with E-state index in [1.54, 1.807) is 6.20 Å². The van der Waals surface area contributed by atoms with Crippen molar-refractivity contribution in [3.8, 4) is 0 Å². The predicted molar refractivity (Wildman–Crippen MR) is 50.4 cm³/mol. The second kappa shape index (κ2) is 3.39. The standard InChI is InChI=1S/C10H11N3/c1-8-2-4-11-10(6-8)7-9-3-5-12-13-9/h2-6H,7H2,1H3,(H,12,13). The highest BCUT2D eigenvalue weighted by atomic mass is 15.1. The molecule has 0 aliphatic carbocycles. The lowest BCUT2D eigenvalue weighted by Gasteiger charge is -1.98. The first kappa shape index (κ1) is 7.98. The third kappa shape index (κ3) is 1.93. The van der Waals surface area contributed by atoms with Gasteiger partial charge in [0.2, 0.25) is 0 Å². The molecule has 13 heavy (non-hydrogen) atoms. The van der Waals surface area contributed by atoms with Crippen LogP contribution in [-0.4, -0.2) is 15.2 Å². The van der Waals surface area contributed by atoms with Crippen molar-refractivity contribution in [1.29, 1.82) is 0 Å². The molecule has 3 heteroatoms. The molecule has 0 amide bonds. The van der Waals surface area contributed by atoms with Crippen molar-refractivity contribution in [3.63, 3.8) is 0 Å². The SMILES string of the molecule is Cc1ccnc(Cc2ccn[nH]2)c1. The Balaban J connectivity index is 2.19. The number of hydrogen-bond donors (Lipinski definition) is 1. The van der Waals surface area contributed by atoms with Gasteiger partial charge in [-0.2, -0.15) is 5.10 Å². The molecule has 0 fully saturated rings. The Morgan fingerprint density at radius 1 is 1.31 bits per heavy atom. The Bertz CT molecular complexity index is 379. The van der Waals surface area contributed by atoms with Gasteiger partial charge >= 0.3 is 0 Å². The quantitative estimate of drug-likeness (QED) is 0.751. The van der Waals surface area contributed by atoms with E-state index in [1.165, 1.54) is 5.56 Å². The maximum atomic E-state index is 4.27. The molecule has 0 saturated heterocycles. The van der Waals surface area contributed by atoms with Gasteiger partial charge in [-0.05, 0) is 30.7 Å². The topological polar surface area (TPSA) is 41.6 Å². The lowest BCUT2D eigenvalue weighted by atomic mass is 10.2. The average molecular weight is 173 g/mol. The summed E-state index contributed by atoms with van der Waals surface area (Å²) in [6.45, 7) is 2.07. The largest absolute Gasteiger partial charge is 0.282 e. The fourth-order valence-electron chi connectivity index (χ4n) is 1.27. The van der Waals surface area contributed by atoms with Crippen LogP contribution < -0.4 is 0 Å². The molecule has 0 aromatic carbocycles. The smallest absolute Gasteiger partial charge is 0.0490 e. The summed E-state index contributed by atoms with van der Waals surface area (Å²) >= 11 is 0. The van der Waals surface area contributed by atoms with Crippen molar-refractivity contribution >= 4 is 0 Å². The first-order chi connectivity index (χ1) is 6.34. The molecule has 0 atom stereocenters. The molecule has 0 bridgehead atoms. The summed E-state index contributed by atoms with van der Waals surface area (Å²) in [5.74, 6) is 0. The summed E-state index contributed by atoms with van der Waals surface area (Å²) in [7, 11) is 0. The molecule has 0 spiro atoms. The minimum absolute atomic E-state index is 0.821. The van der Waals surface area contributed by atoms with Crippen molar-refractivity contribution in [2.45, 2.75) is 13.3 Å². The third-order valence-electron chi connectivity index (χ3n) is 1.90. The highest BCUT2D eigenvalue weighted by Gasteiger charge is 1.97. The van der Waals surface area contributed by atoms with Crippen LogP contribution in [0, 0.1) is 6.92 Å². The van der Waals surface area contributed by atoms with E-state index in [-0.39, 0.29) is 0 Å². The first-order valence-electron chi connectivity index (χ1n) is 4.24. The normalized spacial score (nSPS) is 10.2. The second-order valence-corrected chi connectivity index (χ2v) is 3.08. The van der Waals surface area contributed by atoms with E-state index in [0.717, 1.165) is 17.8 Å². The third-order valence-corrected chi connectivity index (χ3v) is 1.90. The van der Waals surface area contributed by atoms with E-state index in [4.69, 9.17) is 0 Å². The number of aryl methyl sites for hydroxylation is 1. The van der Waals surface area contributed by atoms with E-state index < -0.39 is 0 Å². The van der Waals surface area contributed by atoms with Gasteiger partial charge in [0.05, 0.1) is 0 Å². The summed E-state index contributed by atoms with van der Waals surface area (Å²) in [4.78, 5) is 4.27.